The summed E-state index contributed by atoms with van der Waals surface area (Å²) in [6.45, 7) is 0. The summed E-state index contributed by atoms with van der Waals surface area (Å²) in [6.07, 6.45) is 3.66. The lowest BCUT2D eigenvalue weighted by atomic mass is 10.1. The van der Waals surface area contributed by atoms with Crippen molar-refractivity contribution in [3.05, 3.63) is 75.6 Å². The van der Waals surface area contributed by atoms with Crippen molar-refractivity contribution in [2.24, 2.45) is 0 Å². The minimum absolute atomic E-state index is 0.0698. The molecule has 0 saturated carbocycles. The minimum atomic E-state index is 0.0698. The predicted molar refractivity (Wildman–Crippen MR) is 91.7 cm³/mol. The Morgan fingerprint density at radius 1 is 1.09 bits per heavy atom. The van der Waals surface area contributed by atoms with E-state index in [1.165, 1.54) is 0 Å². The van der Waals surface area contributed by atoms with Crippen molar-refractivity contribution < 1.29 is 9.15 Å². The van der Waals surface area contributed by atoms with Crippen molar-refractivity contribution in [2.45, 2.75) is 12.8 Å². The van der Waals surface area contributed by atoms with Crippen LogP contribution >= 0.6 is 0 Å². The number of hydrogen-bond acceptors (Lipinski definition) is 3. The summed E-state index contributed by atoms with van der Waals surface area (Å²) < 4.78 is 11.3. The first-order valence-corrected chi connectivity index (χ1v) is 7.66. The van der Waals surface area contributed by atoms with Gasteiger partial charge in [0.05, 0.1) is 12.5 Å². The standard InChI is InChI=1S/C20H16O3/c1-22-15-8-10-16-18(12-15)23-20-14(7-9-17(20)19(16)21)11-13-5-3-2-4-6-13/h2-6,8,10-12H,7,9H2,1H3/b14-11+. The second kappa shape index (κ2) is 5.43. The Morgan fingerprint density at radius 3 is 2.70 bits per heavy atom. The molecular formula is C20H16O3. The monoisotopic (exact) mass is 304 g/mol. The first-order valence-electron chi connectivity index (χ1n) is 7.66. The maximum absolute atomic E-state index is 12.7. The second-order valence-corrected chi connectivity index (χ2v) is 5.68. The van der Waals surface area contributed by atoms with Crippen LogP contribution in [-0.4, -0.2) is 7.11 Å². The van der Waals surface area contributed by atoms with Crippen LogP contribution < -0.4 is 10.2 Å². The molecule has 0 fully saturated rings. The molecule has 1 aliphatic rings. The summed E-state index contributed by atoms with van der Waals surface area (Å²) >= 11 is 0. The van der Waals surface area contributed by atoms with Crippen LogP contribution in [0.15, 0.2) is 57.7 Å². The molecule has 1 heterocycles. The van der Waals surface area contributed by atoms with E-state index in [4.69, 9.17) is 9.15 Å². The Bertz CT molecular complexity index is 965. The molecule has 3 aromatic rings. The van der Waals surface area contributed by atoms with Crippen LogP contribution in [0.1, 0.15) is 23.3 Å². The summed E-state index contributed by atoms with van der Waals surface area (Å²) in [6, 6.07) is 15.4. The lowest BCUT2D eigenvalue weighted by Crippen LogP contribution is -2.08. The van der Waals surface area contributed by atoms with Gasteiger partial charge in [-0.25, -0.2) is 0 Å². The number of methoxy groups -OCH3 is 1. The lowest BCUT2D eigenvalue weighted by Gasteiger charge is -2.05. The zero-order chi connectivity index (χ0) is 15.8. The average Bonchev–Trinajstić information content (AvgIpc) is 2.98. The summed E-state index contributed by atoms with van der Waals surface area (Å²) in [4.78, 5) is 12.7. The number of hydrogen-bond donors (Lipinski definition) is 0. The zero-order valence-corrected chi connectivity index (χ0v) is 12.8. The summed E-state index contributed by atoms with van der Waals surface area (Å²) in [5.74, 6) is 1.41. The van der Waals surface area contributed by atoms with Crippen LogP contribution in [0.3, 0.4) is 0 Å². The molecule has 0 amide bonds. The number of ether oxygens (including phenoxy) is 1. The van der Waals surface area contributed by atoms with Crippen molar-refractivity contribution in [1.82, 2.24) is 0 Å². The molecule has 23 heavy (non-hydrogen) atoms. The fourth-order valence-electron chi connectivity index (χ4n) is 3.09. The molecule has 0 unspecified atom stereocenters. The highest BCUT2D eigenvalue weighted by atomic mass is 16.5. The van der Waals surface area contributed by atoms with Gasteiger partial charge in [-0.15, -0.1) is 0 Å². The van der Waals surface area contributed by atoms with Crippen LogP contribution in [0.2, 0.25) is 0 Å². The van der Waals surface area contributed by atoms with E-state index >= 15 is 0 Å². The topological polar surface area (TPSA) is 39.4 Å². The molecule has 0 spiro atoms. The van der Waals surface area contributed by atoms with E-state index in [-0.39, 0.29) is 5.43 Å². The SMILES string of the molecule is COc1ccc2c(=O)c3c(oc2c1)/C(=C/c1ccccc1)CC3. The average molecular weight is 304 g/mol. The van der Waals surface area contributed by atoms with Gasteiger partial charge in [-0.3, -0.25) is 4.79 Å². The largest absolute Gasteiger partial charge is 0.497 e. The van der Waals surface area contributed by atoms with Crippen molar-refractivity contribution in [3.63, 3.8) is 0 Å². The van der Waals surface area contributed by atoms with E-state index in [1.807, 2.05) is 30.3 Å². The van der Waals surface area contributed by atoms with Crippen molar-refractivity contribution in [3.8, 4) is 5.75 Å². The molecule has 1 aliphatic carbocycles. The number of benzene rings is 2. The third-order valence-electron chi connectivity index (χ3n) is 4.27. The molecule has 3 nitrogen and oxygen atoms in total. The maximum atomic E-state index is 12.7. The first kappa shape index (κ1) is 13.8. The molecule has 4 rings (SSSR count). The predicted octanol–water partition coefficient (Wildman–Crippen LogP) is 4.29. The van der Waals surface area contributed by atoms with Crippen LogP contribution in [0.4, 0.5) is 0 Å². The van der Waals surface area contributed by atoms with Crippen LogP contribution in [0, 0.1) is 0 Å². The van der Waals surface area contributed by atoms with Gasteiger partial charge in [-0.1, -0.05) is 30.3 Å². The maximum Gasteiger partial charge on any atom is 0.196 e. The van der Waals surface area contributed by atoms with Crippen molar-refractivity contribution in [2.75, 3.05) is 7.11 Å². The van der Waals surface area contributed by atoms with Crippen LogP contribution in [-0.2, 0) is 6.42 Å². The molecule has 0 atom stereocenters. The summed E-state index contributed by atoms with van der Waals surface area (Å²) in [5, 5.41) is 0.616. The van der Waals surface area contributed by atoms with Gasteiger partial charge in [0.2, 0.25) is 0 Å². The molecule has 0 radical (unpaired) electrons. The van der Waals surface area contributed by atoms with Gasteiger partial charge in [0.1, 0.15) is 17.1 Å². The van der Waals surface area contributed by atoms with Gasteiger partial charge >= 0.3 is 0 Å². The molecule has 0 bridgehead atoms. The van der Waals surface area contributed by atoms with E-state index in [1.54, 1.807) is 25.3 Å². The van der Waals surface area contributed by atoms with Gasteiger partial charge in [-0.05, 0) is 42.2 Å². The Balaban J connectivity index is 1.91. The Kier molecular flexibility index (Phi) is 3.27. The molecular weight excluding hydrogens is 288 g/mol. The van der Waals surface area contributed by atoms with Crippen molar-refractivity contribution >= 4 is 22.6 Å². The number of rotatable bonds is 2. The van der Waals surface area contributed by atoms with Crippen LogP contribution in [0.25, 0.3) is 22.6 Å². The van der Waals surface area contributed by atoms with Gasteiger partial charge in [0.15, 0.2) is 5.43 Å². The summed E-state index contributed by atoms with van der Waals surface area (Å²) in [5.41, 5.74) is 3.62. The van der Waals surface area contributed by atoms with E-state index in [0.717, 1.165) is 35.3 Å². The summed E-state index contributed by atoms with van der Waals surface area (Å²) in [7, 11) is 1.60. The Hall–Kier alpha value is -2.81. The third-order valence-corrected chi connectivity index (χ3v) is 4.27. The minimum Gasteiger partial charge on any atom is -0.497 e. The fourth-order valence-corrected chi connectivity index (χ4v) is 3.09. The molecule has 1 aromatic heterocycles. The van der Waals surface area contributed by atoms with E-state index in [0.29, 0.717) is 16.7 Å². The molecule has 3 heteroatoms. The van der Waals surface area contributed by atoms with Gasteiger partial charge in [0, 0.05) is 11.6 Å². The van der Waals surface area contributed by atoms with Crippen LogP contribution in [0.5, 0.6) is 5.75 Å². The molecule has 0 N–H and O–H groups in total. The Morgan fingerprint density at radius 2 is 1.91 bits per heavy atom. The number of fused-ring (bicyclic) bond motifs is 2. The highest BCUT2D eigenvalue weighted by Gasteiger charge is 2.23. The zero-order valence-electron chi connectivity index (χ0n) is 12.8. The third kappa shape index (κ3) is 2.34. The lowest BCUT2D eigenvalue weighted by molar-refractivity contribution is 0.414. The van der Waals surface area contributed by atoms with E-state index < -0.39 is 0 Å². The van der Waals surface area contributed by atoms with E-state index in [2.05, 4.69) is 6.08 Å². The smallest absolute Gasteiger partial charge is 0.196 e. The molecule has 2 aromatic carbocycles. The highest BCUT2D eigenvalue weighted by Crippen LogP contribution is 2.34. The highest BCUT2D eigenvalue weighted by molar-refractivity contribution is 5.87. The van der Waals surface area contributed by atoms with Gasteiger partial charge in [-0.2, -0.15) is 0 Å². The second-order valence-electron chi connectivity index (χ2n) is 5.68. The fraction of sp³-hybridized carbons (Fsp3) is 0.150. The normalized spacial score (nSPS) is 15.1. The van der Waals surface area contributed by atoms with Crippen molar-refractivity contribution in [1.29, 1.82) is 0 Å². The number of allylic oxidation sites excluding steroid dienone is 1. The first-order chi connectivity index (χ1) is 11.3. The molecule has 114 valence electrons. The van der Waals surface area contributed by atoms with E-state index in [9.17, 15) is 4.79 Å². The quantitative estimate of drug-likeness (QED) is 0.709. The van der Waals surface area contributed by atoms with Gasteiger partial charge in [0.25, 0.3) is 0 Å². The van der Waals surface area contributed by atoms with Gasteiger partial charge < -0.3 is 9.15 Å². The molecule has 0 saturated heterocycles. The Labute approximate surface area is 133 Å². The molecule has 0 aliphatic heterocycles.